The normalized spacial score (nSPS) is 14.9. The topological polar surface area (TPSA) is 35.5 Å². The molecule has 80 valence electrons. The maximum Gasteiger partial charge on any atom is 0.364 e. The Morgan fingerprint density at radius 3 is 1.85 bits per heavy atom. The predicted octanol–water partition coefficient (Wildman–Crippen LogP) is 3.20. The maximum absolute atomic E-state index is 13.4. The van der Waals surface area contributed by atoms with Gasteiger partial charge < -0.3 is 9.05 Å². The van der Waals surface area contributed by atoms with Gasteiger partial charge in [0.1, 0.15) is 0 Å². The number of halogens is 1. The Morgan fingerprint density at radius 2 is 1.62 bits per heavy atom. The van der Waals surface area contributed by atoms with Crippen molar-refractivity contribution in [3.63, 3.8) is 0 Å². The molecule has 0 saturated carbocycles. The molecule has 0 amide bonds. The molecule has 0 bridgehead atoms. The van der Waals surface area contributed by atoms with Crippen molar-refractivity contribution >= 4 is 7.60 Å². The van der Waals surface area contributed by atoms with Gasteiger partial charge in [0.05, 0.1) is 13.2 Å². The van der Waals surface area contributed by atoms with Gasteiger partial charge in [-0.25, -0.2) is 4.39 Å². The van der Waals surface area contributed by atoms with E-state index < -0.39 is 13.5 Å². The molecule has 0 aliphatic rings. The zero-order valence-corrected chi connectivity index (χ0v) is 9.51. The molecule has 0 rings (SSSR count). The van der Waals surface area contributed by atoms with E-state index in [0.29, 0.717) is 0 Å². The summed E-state index contributed by atoms with van der Waals surface area (Å²) in [6.07, 6.45) is 0. The van der Waals surface area contributed by atoms with Gasteiger partial charge in [0.15, 0.2) is 0 Å². The molecule has 0 spiro atoms. The minimum Gasteiger partial charge on any atom is -0.307 e. The van der Waals surface area contributed by atoms with Crippen LogP contribution in [0.15, 0.2) is 0 Å². The average molecular weight is 212 g/mol. The molecule has 0 saturated heterocycles. The van der Waals surface area contributed by atoms with Crippen LogP contribution < -0.4 is 0 Å². The molecule has 0 radical (unpaired) electrons. The van der Waals surface area contributed by atoms with Crippen molar-refractivity contribution in [1.29, 1.82) is 0 Å². The molecule has 5 heteroatoms. The van der Waals surface area contributed by atoms with Gasteiger partial charge in [0.2, 0.25) is 5.91 Å². The second kappa shape index (κ2) is 5.74. The van der Waals surface area contributed by atoms with Crippen molar-refractivity contribution in [2.24, 2.45) is 5.92 Å². The average Bonchev–Trinajstić information content (AvgIpc) is 2.03. The van der Waals surface area contributed by atoms with Crippen LogP contribution in [0.2, 0.25) is 0 Å². The first-order chi connectivity index (χ1) is 5.98. The Bertz CT molecular complexity index is 174. The molecule has 0 aromatic rings. The highest BCUT2D eigenvalue weighted by Crippen LogP contribution is 2.55. The van der Waals surface area contributed by atoms with Crippen molar-refractivity contribution in [2.45, 2.75) is 33.6 Å². The highest BCUT2D eigenvalue weighted by atomic mass is 31.2. The molecular formula is C8H18FO3P. The Kier molecular flexibility index (Phi) is 5.77. The van der Waals surface area contributed by atoms with Crippen LogP contribution in [-0.4, -0.2) is 19.1 Å². The van der Waals surface area contributed by atoms with Crippen LogP contribution in [-0.2, 0) is 13.6 Å². The van der Waals surface area contributed by atoms with E-state index in [1.807, 2.05) is 0 Å². The third kappa shape index (κ3) is 3.75. The summed E-state index contributed by atoms with van der Waals surface area (Å²) < 4.78 is 34.9. The molecule has 1 atom stereocenters. The van der Waals surface area contributed by atoms with Crippen molar-refractivity contribution in [2.75, 3.05) is 13.2 Å². The summed E-state index contributed by atoms with van der Waals surface area (Å²) in [5.74, 6) is -1.89. The lowest BCUT2D eigenvalue weighted by atomic mass is 10.3. The van der Waals surface area contributed by atoms with Gasteiger partial charge in [-0.05, 0) is 19.8 Å². The van der Waals surface area contributed by atoms with E-state index in [1.165, 1.54) is 0 Å². The van der Waals surface area contributed by atoms with Crippen molar-refractivity contribution < 1.29 is 18.0 Å². The van der Waals surface area contributed by atoms with E-state index in [9.17, 15) is 8.96 Å². The summed E-state index contributed by atoms with van der Waals surface area (Å²) in [4.78, 5) is 0. The Hall–Kier alpha value is 0.0800. The monoisotopic (exact) mass is 212 g/mol. The number of alkyl halides is 1. The van der Waals surface area contributed by atoms with Crippen LogP contribution in [0.1, 0.15) is 27.7 Å². The van der Waals surface area contributed by atoms with E-state index in [4.69, 9.17) is 9.05 Å². The minimum atomic E-state index is -3.53. The van der Waals surface area contributed by atoms with Crippen LogP contribution in [0.3, 0.4) is 0 Å². The molecule has 0 aromatic carbocycles. The van der Waals surface area contributed by atoms with Crippen LogP contribution in [0.5, 0.6) is 0 Å². The van der Waals surface area contributed by atoms with Crippen molar-refractivity contribution in [3.8, 4) is 0 Å². The fourth-order valence-electron chi connectivity index (χ4n) is 0.905. The molecule has 0 fully saturated rings. The smallest absolute Gasteiger partial charge is 0.307 e. The van der Waals surface area contributed by atoms with Crippen LogP contribution in [0.25, 0.3) is 0 Å². The third-order valence-corrected chi connectivity index (χ3v) is 3.91. The fourth-order valence-corrected chi connectivity index (χ4v) is 2.71. The summed E-state index contributed by atoms with van der Waals surface area (Å²) >= 11 is 0. The zero-order valence-electron chi connectivity index (χ0n) is 8.62. The molecule has 3 nitrogen and oxygen atoms in total. The Balaban J connectivity index is 4.47. The zero-order chi connectivity index (χ0) is 10.5. The maximum atomic E-state index is 13.4. The molecule has 0 aromatic heterocycles. The molecule has 0 heterocycles. The SMILES string of the molecule is CCOP(=O)(OCC)C(F)C(C)C. The third-order valence-electron chi connectivity index (χ3n) is 1.47. The van der Waals surface area contributed by atoms with Crippen LogP contribution in [0.4, 0.5) is 4.39 Å². The number of hydrogen-bond acceptors (Lipinski definition) is 3. The van der Waals surface area contributed by atoms with E-state index in [-0.39, 0.29) is 19.1 Å². The van der Waals surface area contributed by atoms with Crippen molar-refractivity contribution in [1.82, 2.24) is 0 Å². The summed E-state index contributed by atoms with van der Waals surface area (Å²) in [5, 5.41) is 0. The minimum absolute atomic E-state index is 0.199. The first-order valence-electron chi connectivity index (χ1n) is 4.50. The van der Waals surface area contributed by atoms with Gasteiger partial charge in [-0.1, -0.05) is 13.8 Å². The fraction of sp³-hybridized carbons (Fsp3) is 1.00. The van der Waals surface area contributed by atoms with Crippen molar-refractivity contribution in [3.05, 3.63) is 0 Å². The summed E-state index contributed by atoms with van der Waals surface area (Å²) in [7, 11) is -3.53. The van der Waals surface area contributed by atoms with Crippen LogP contribution in [0, 0.1) is 5.92 Å². The van der Waals surface area contributed by atoms with Gasteiger partial charge >= 0.3 is 7.60 Å². The summed E-state index contributed by atoms with van der Waals surface area (Å²) in [6.45, 7) is 7.02. The first-order valence-corrected chi connectivity index (χ1v) is 6.12. The van der Waals surface area contributed by atoms with E-state index in [2.05, 4.69) is 0 Å². The first kappa shape index (κ1) is 13.1. The molecule has 13 heavy (non-hydrogen) atoms. The van der Waals surface area contributed by atoms with Gasteiger partial charge in [-0.15, -0.1) is 0 Å². The predicted molar refractivity (Wildman–Crippen MR) is 50.6 cm³/mol. The summed E-state index contributed by atoms with van der Waals surface area (Å²) in [6, 6.07) is 0. The van der Waals surface area contributed by atoms with E-state index in [0.717, 1.165) is 0 Å². The standard InChI is InChI=1S/C8H18FO3P/c1-5-11-13(10,12-6-2)8(9)7(3)4/h7-8H,5-6H2,1-4H3. The Labute approximate surface area is 79.1 Å². The number of hydrogen-bond donors (Lipinski definition) is 0. The van der Waals surface area contributed by atoms with Gasteiger partial charge in [0.25, 0.3) is 0 Å². The van der Waals surface area contributed by atoms with Gasteiger partial charge in [-0.2, -0.15) is 0 Å². The van der Waals surface area contributed by atoms with Crippen LogP contribution >= 0.6 is 7.60 Å². The molecular weight excluding hydrogens is 194 g/mol. The number of rotatable bonds is 6. The molecule has 1 unspecified atom stereocenters. The highest BCUT2D eigenvalue weighted by Gasteiger charge is 2.37. The molecule has 0 aliphatic heterocycles. The second-order valence-electron chi connectivity index (χ2n) is 2.99. The highest BCUT2D eigenvalue weighted by molar-refractivity contribution is 7.54. The second-order valence-corrected chi connectivity index (χ2v) is 5.08. The Morgan fingerprint density at radius 1 is 1.23 bits per heavy atom. The van der Waals surface area contributed by atoms with E-state index >= 15 is 0 Å². The van der Waals surface area contributed by atoms with Gasteiger partial charge in [0, 0.05) is 0 Å². The van der Waals surface area contributed by atoms with Gasteiger partial charge in [-0.3, -0.25) is 4.57 Å². The lowest BCUT2D eigenvalue weighted by Crippen LogP contribution is -2.14. The lowest BCUT2D eigenvalue weighted by Gasteiger charge is -2.22. The molecule has 0 N–H and O–H groups in total. The quantitative estimate of drug-likeness (QED) is 0.634. The molecule has 0 aliphatic carbocycles. The summed E-state index contributed by atoms with van der Waals surface area (Å²) in [5.41, 5.74) is 0. The lowest BCUT2D eigenvalue weighted by molar-refractivity contribution is 0.175. The largest absolute Gasteiger partial charge is 0.364 e. The van der Waals surface area contributed by atoms with E-state index in [1.54, 1.807) is 27.7 Å².